The molecule has 1 amide bonds. The Morgan fingerprint density at radius 3 is 2.12 bits per heavy atom. The Hall–Kier alpha value is -3.22. The molecule has 3 aromatic rings. The predicted molar refractivity (Wildman–Crippen MR) is 131 cm³/mol. The van der Waals surface area contributed by atoms with Crippen molar-refractivity contribution >= 4 is 54.9 Å². The van der Waals surface area contributed by atoms with E-state index in [1.165, 1.54) is 60.9 Å². The van der Waals surface area contributed by atoms with Gasteiger partial charge in [0.05, 0.1) is 16.8 Å². The number of carbonyl (C=O) groups is 1. The van der Waals surface area contributed by atoms with Crippen molar-refractivity contribution in [3.8, 4) is 0 Å². The van der Waals surface area contributed by atoms with Crippen LogP contribution in [0.2, 0.25) is 5.02 Å². The minimum Gasteiger partial charge on any atom is -0.324 e. The normalized spacial score (nSPS) is 12.6. The van der Waals surface area contributed by atoms with E-state index in [-0.39, 0.29) is 17.3 Å². The molecule has 34 heavy (non-hydrogen) atoms. The van der Waals surface area contributed by atoms with Crippen LogP contribution in [0.15, 0.2) is 71.9 Å². The van der Waals surface area contributed by atoms with Crippen LogP contribution in [0.25, 0.3) is 0 Å². The second-order valence-electron chi connectivity index (χ2n) is 7.15. The van der Waals surface area contributed by atoms with Gasteiger partial charge in [0.15, 0.2) is 0 Å². The lowest BCUT2D eigenvalue weighted by Gasteiger charge is -2.30. The second kappa shape index (κ2) is 10.4. The first-order valence-electron chi connectivity index (χ1n) is 9.97. The molecule has 0 fully saturated rings. The topological polar surface area (TPSA) is 138 Å². The number of nitrogens with zero attached hydrogens (tertiary/aromatic N) is 3. The first kappa shape index (κ1) is 25.4. The third-order valence-electron chi connectivity index (χ3n) is 4.63. The smallest absolute Gasteiger partial charge is 0.264 e. The molecule has 180 valence electrons. The zero-order valence-corrected chi connectivity index (χ0v) is 20.6. The van der Waals surface area contributed by atoms with Gasteiger partial charge in [-0.2, -0.15) is 0 Å². The van der Waals surface area contributed by atoms with Gasteiger partial charge in [0.1, 0.15) is 6.04 Å². The zero-order valence-electron chi connectivity index (χ0n) is 18.2. The maximum Gasteiger partial charge on any atom is 0.264 e. The summed E-state index contributed by atoms with van der Waals surface area (Å²) in [7, 11) is -7.74. The Kier molecular flexibility index (Phi) is 7.75. The summed E-state index contributed by atoms with van der Waals surface area (Å²) in [5, 5.41) is 3.07. The van der Waals surface area contributed by atoms with Gasteiger partial charge < -0.3 is 5.32 Å². The Morgan fingerprint density at radius 2 is 1.59 bits per heavy atom. The van der Waals surface area contributed by atoms with Crippen LogP contribution in [0.5, 0.6) is 0 Å². The summed E-state index contributed by atoms with van der Waals surface area (Å²) in [6.45, 7) is 1.69. The van der Waals surface area contributed by atoms with Crippen LogP contribution >= 0.6 is 11.6 Å². The number of benzene rings is 2. The third-order valence-corrected chi connectivity index (χ3v) is 7.41. The molecule has 1 heterocycles. The summed E-state index contributed by atoms with van der Waals surface area (Å²) in [5.74, 6) is -0.650. The summed E-state index contributed by atoms with van der Waals surface area (Å²) in [6, 6.07) is 12.0. The van der Waals surface area contributed by atoms with Gasteiger partial charge >= 0.3 is 0 Å². The SMILES string of the molecule is CCC(C(=O)Nc1ccc(S(=O)(=O)Nc2ncccn2)cc1)N(c1ccc(Cl)cc1)S(C)(=O)=O. The molecule has 0 radical (unpaired) electrons. The van der Waals surface area contributed by atoms with E-state index in [9.17, 15) is 21.6 Å². The number of hydrogen-bond acceptors (Lipinski definition) is 7. The van der Waals surface area contributed by atoms with Crippen LogP contribution in [0.1, 0.15) is 13.3 Å². The highest BCUT2D eigenvalue weighted by Gasteiger charge is 2.31. The number of amides is 1. The fraction of sp³-hybridized carbons (Fsp3) is 0.190. The maximum absolute atomic E-state index is 13.0. The molecular formula is C21H22ClN5O5S2. The molecule has 2 N–H and O–H groups in total. The van der Waals surface area contributed by atoms with Gasteiger partial charge in [0.2, 0.25) is 21.9 Å². The van der Waals surface area contributed by atoms with Crippen LogP contribution in [0, 0.1) is 0 Å². The van der Waals surface area contributed by atoms with Crippen LogP contribution in [0.3, 0.4) is 0 Å². The molecule has 3 rings (SSSR count). The van der Waals surface area contributed by atoms with E-state index in [2.05, 4.69) is 20.0 Å². The standard InChI is InChI=1S/C21H22ClN5O5S2/c1-3-19(27(33(2,29)30)17-9-5-15(22)6-10-17)20(28)25-16-7-11-18(12-8-16)34(31,32)26-21-23-13-4-14-24-21/h4-14,19H,3H2,1-2H3,(H,25,28)(H,23,24,26). The van der Waals surface area contributed by atoms with E-state index in [0.717, 1.165) is 10.6 Å². The highest BCUT2D eigenvalue weighted by atomic mass is 35.5. The molecular weight excluding hydrogens is 502 g/mol. The highest BCUT2D eigenvalue weighted by molar-refractivity contribution is 7.92. The van der Waals surface area contributed by atoms with Gasteiger partial charge in [-0.25, -0.2) is 31.5 Å². The van der Waals surface area contributed by atoms with E-state index in [1.807, 2.05) is 0 Å². The highest BCUT2D eigenvalue weighted by Crippen LogP contribution is 2.25. The van der Waals surface area contributed by atoms with Crippen molar-refractivity contribution in [2.24, 2.45) is 0 Å². The average molecular weight is 524 g/mol. The molecule has 13 heteroatoms. The Labute approximate surface area is 203 Å². The van der Waals surface area contributed by atoms with Crippen LogP contribution < -0.4 is 14.3 Å². The lowest BCUT2D eigenvalue weighted by Crippen LogP contribution is -2.47. The fourth-order valence-corrected chi connectivity index (χ4v) is 5.42. The Morgan fingerprint density at radius 1 is 1.00 bits per heavy atom. The minimum atomic E-state index is -3.94. The first-order valence-corrected chi connectivity index (χ1v) is 13.7. The minimum absolute atomic E-state index is 0.0658. The van der Waals surface area contributed by atoms with Gasteiger partial charge in [-0.05, 0) is 61.0 Å². The number of anilines is 3. The van der Waals surface area contributed by atoms with E-state index < -0.39 is 32.0 Å². The molecule has 0 spiro atoms. The molecule has 2 aromatic carbocycles. The van der Waals surface area contributed by atoms with Crippen molar-refractivity contribution < 1.29 is 21.6 Å². The van der Waals surface area contributed by atoms with Crippen LogP contribution in [-0.2, 0) is 24.8 Å². The summed E-state index contributed by atoms with van der Waals surface area (Å²) in [6.07, 6.45) is 4.00. The van der Waals surface area contributed by atoms with E-state index in [4.69, 9.17) is 11.6 Å². The number of aromatic nitrogens is 2. The van der Waals surface area contributed by atoms with E-state index in [1.54, 1.807) is 13.0 Å². The lowest BCUT2D eigenvalue weighted by molar-refractivity contribution is -0.117. The van der Waals surface area contributed by atoms with Gasteiger partial charge in [0.25, 0.3) is 10.0 Å². The van der Waals surface area contributed by atoms with E-state index in [0.29, 0.717) is 16.4 Å². The zero-order chi connectivity index (χ0) is 24.9. The second-order valence-corrected chi connectivity index (χ2v) is 11.1. The number of halogens is 1. The van der Waals surface area contributed by atoms with Crippen molar-refractivity contribution in [3.63, 3.8) is 0 Å². The van der Waals surface area contributed by atoms with Crippen molar-refractivity contribution in [2.75, 3.05) is 20.6 Å². The van der Waals surface area contributed by atoms with Crippen molar-refractivity contribution in [2.45, 2.75) is 24.3 Å². The molecule has 1 aromatic heterocycles. The van der Waals surface area contributed by atoms with Crippen molar-refractivity contribution in [1.82, 2.24) is 9.97 Å². The summed E-state index contributed by atoms with van der Waals surface area (Å²) >= 11 is 5.90. The van der Waals surface area contributed by atoms with Gasteiger partial charge in [-0.15, -0.1) is 0 Å². The van der Waals surface area contributed by atoms with Gasteiger partial charge in [-0.3, -0.25) is 9.10 Å². The van der Waals surface area contributed by atoms with Gasteiger partial charge in [-0.1, -0.05) is 18.5 Å². The number of nitrogens with one attached hydrogen (secondary N) is 2. The average Bonchev–Trinajstić information content (AvgIpc) is 2.78. The number of sulfonamides is 2. The summed E-state index contributed by atoms with van der Waals surface area (Å²) in [4.78, 5) is 20.6. The summed E-state index contributed by atoms with van der Waals surface area (Å²) < 4.78 is 53.3. The third kappa shape index (κ3) is 6.22. The first-order chi connectivity index (χ1) is 16.0. The molecule has 1 atom stereocenters. The lowest BCUT2D eigenvalue weighted by atomic mass is 10.2. The Balaban J connectivity index is 1.79. The number of rotatable bonds is 9. The fourth-order valence-electron chi connectivity index (χ4n) is 3.12. The largest absolute Gasteiger partial charge is 0.324 e. The number of carbonyl (C=O) groups excluding carboxylic acids is 1. The van der Waals surface area contributed by atoms with E-state index >= 15 is 0 Å². The van der Waals surface area contributed by atoms with Crippen molar-refractivity contribution in [3.05, 3.63) is 72.0 Å². The van der Waals surface area contributed by atoms with Gasteiger partial charge in [0, 0.05) is 23.1 Å². The quantitative estimate of drug-likeness (QED) is 0.439. The predicted octanol–water partition coefficient (Wildman–Crippen LogP) is 3.11. The molecule has 1 unspecified atom stereocenters. The monoisotopic (exact) mass is 523 g/mol. The van der Waals surface area contributed by atoms with Crippen molar-refractivity contribution in [1.29, 1.82) is 0 Å². The molecule has 0 aliphatic heterocycles. The van der Waals surface area contributed by atoms with Crippen LogP contribution in [-0.4, -0.2) is 45.0 Å². The molecule has 0 bridgehead atoms. The molecule has 0 saturated heterocycles. The van der Waals surface area contributed by atoms with Crippen LogP contribution in [0.4, 0.5) is 17.3 Å². The summed E-state index contributed by atoms with van der Waals surface area (Å²) in [5.41, 5.74) is 0.590. The Bertz CT molecular complexity index is 1350. The number of hydrogen-bond donors (Lipinski definition) is 2. The maximum atomic E-state index is 13.0. The molecule has 0 aliphatic rings. The molecule has 10 nitrogen and oxygen atoms in total. The molecule has 0 aliphatic carbocycles. The molecule has 0 saturated carbocycles.